The lowest BCUT2D eigenvalue weighted by Gasteiger charge is -2.04. The summed E-state index contributed by atoms with van der Waals surface area (Å²) in [5, 5.41) is 2.69. The van der Waals surface area contributed by atoms with Gasteiger partial charge in [0.05, 0.1) is 6.42 Å². The summed E-state index contributed by atoms with van der Waals surface area (Å²) in [6.45, 7) is 0. The number of hydrogen-bond acceptors (Lipinski definition) is 2. The van der Waals surface area contributed by atoms with Crippen molar-refractivity contribution in [3.8, 4) is 0 Å². The molecule has 0 saturated heterocycles. The van der Waals surface area contributed by atoms with Crippen LogP contribution in [0.25, 0.3) is 0 Å². The van der Waals surface area contributed by atoms with Gasteiger partial charge in [0.2, 0.25) is 5.91 Å². The van der Waals surface area contributed by atoms with E-state index in [9.17, 15) is 9.59 Å². The number of anilines is 1. The smallest absolute Gasteiger partial charge is 0.232 e. The third-order valence-electron chi connectivity index (χ3n) is 2.53. The van der Waals surface area contributed by atoms with Gasteiger partial charge in [0.25, 0.3) is 0 Å². The Kier molecular flexibility index (Phi) is 4.47. The van der Waals surface area contributed by atoms with E-state index in [4.69, 9.17) is 0 Å². The van der Waals surface area contributed by atoms with E-state index in [1.165, 1.54) is 0 Å². The third-order valence-corrected chi connectivity index (χ3v) is 3.02. The Labute approximate surface area is 119 Å². The van der Waals surface area contributed by atoms with Gasteiger partial charge in [0, 0.05) is 15.7 Å². The summed E-state index contributed by atoms with van der Waals surface area (Å²) in [6.07, 6.45) is -0.161. The molecular weight excluding hydrogens is 306 g/mol. The van der Waals surface area contributed by atoms with E-state index in [-0.39, 0.29) is 18.1 Å². The highest BCUT2D eigenvalue weighted by Crippen LogP contribution is 2.13. The molecule has 19 heavy (non-hydrogen) atoms. The quantitative estimate of drug-likeness (QED) is 0.691. The van der Waals surface area contributed by atoms with E-state index >= 15 is 0 Å². The van der Waals surface area contributed by atoms with E-state index in [2.05, 4.69) is 21.2 Å². The van der Waals surface area contributed by atoms with E-state index < -0.39 is 0 Å². The number of Topliss-reactive ketones (excluding diaryl/α,β-unsaturated/α-hetero) is 1. The van der Waals surface area contributed by atoms with Crippen LogP contribution in [-0.2, 0) is 4.79 Å². The maximum absolute atomic E-state index is 11.9. The van der Waals surface area contributed by atoms with Crippen molar-refractivity contribution in [1.29, 1.82) is 0 Å². The summed E-state index contributed by atoms with van der Waals surface area (Å²) >= 11 is 3.30. The molecule has 0 radical (unpaired) electrons. The zero-order valence-electron chi connectivity index (χ0n) is 10.1. The minimum Gasteiger partial charge on any atom is -0.326 e. The molecule has 0 aliphatic rings. The second-order valence-electron chi connectivity index (χ2n) is 4.02. The highest BCUT2D eigenvalue weighted by atomic mass is 79.9. The van der Waals surface area contributed by atoms with Gasteiger partial charge >= 0.3 is 0 Å². The van der Waals surface area contributed by atoms with Crippen LogP contribution >= 0.6 is 15.9 Å². The maximum atomic E-state index is 11.9. The fourth-order valence-corrected chi connectivity index (χ4v) is 2.04. The number of benzene rings is 2. The zero-order chi connectivity index (χ0) is 13.7. The van der Waals surface area contributed by atoms with E-state index in [1.807, 2.05) is 24.3 Å². The first-order chi connectivity index (χ1) is 9.15. The van der Waals surface area contributed by atoms with Crippen LogP contribution in [0.4, 0.5) is 5.69 Å². The third kappa shape index (κ3) is 4.03. The van der Waals surface area contributed by atoms with Crippen LogP contribution in [0, 0.1) is 0 Å². The summed E-state index contributed by atoms with van der Waals surface area (Å²) in [4.78, 5) is 23.7. The van der Waals surface area contributed by atoms with Crippen molar-refractivity contribution < 1.29 is 9.59 Å². The predicted molar refractivity (Wildman–Crippen MR) is 78.2 cm³/mol. The van der Waals surface area contributed by atoms with Crippen LogP contribution in [0.3, 0.4) is 0 Å². The second kappa shape index (κ2) is 6.29. The van der Waals surface area contributed by atoms with Gasteiger partial charge in [-0.15, -0.1) is 0 Å². The normalized spacial score (nSPS) is 9.95. The van der Waals surface area contributed by atoms with Gasteiger partial charge in [-0.05, 0) is 24.3 Å². The maximum Gasteiger partial charge on any atom is 0.232 e. The first-order valence-corrected chi connectivity index (χ1v) is 6.58. The van der Waals surface area contributed by atoms with Gasteiger partial charge in [0.15, 0.2) is 5.78 Å². The highest BCUT2D eigenvalue weighted by molar-refractivity contribution is 9.10. The van der Waals surface area contributed by atoms with Crippen LogP contribution in [-0.4, -0.2) is 11.7 Å². The molecule has 0 bridgehead atoms. The Morgan fingerprint density at radius 1 is 1.00 bits per heavy atom. The number of amides is 1. The van der Waals surface area contributed by atoms with Crippen molar-refractivity contribution in [3.63, 3.8) is 0 Å². The summed E-state index contributed by atoms with van der Waals surface area (Å²) in [7, 11) is 0. The number of para-hydroxylation sites is 1. The molecule has 2 aromatic carbocycles. The van der Waals surface area contributed by atoms with Crippen molar-refractivity contribution in [2.75, 3.05) is 5.32 Å². The monoisotopic (exact) mass is 317 g/mol. The van der Waals surface area contributed by atoms with Gasteiger partial charge in [-0.3, -0.25) is 9.59 Å². The standard InChI is InChI=1S/C15H12BrNO2/c16-12-6-4-5-11(9-12)14(18)10-15(19)17-13-7-2-1-3-8-13/h1-9H,10H2,(H,17,19). The second-order valence-corrected chi connectivity index (χ2v) is 4.94. The molecule has 0 saturated carbocycles. The van der Waals surface area contributed by atoms with Crippen molar-refractivity contribution >= 4 is 33.3 Å². The fraction of sp³-hybridized carbons (Fsp3) is 0.0667. The molecule has 0 spiro atoms. The summed E-state index contributed by atoms with van der Waals surface area (Å²) in [5.41, 5.74) is 1.21. The lowest BCUT2D eigenvalue weighted by Crippen LogP contribution is -2.16. The number of ketones is 1. The molecule has 0 fully saturated rings. The van der Waals surface area contributed by atoms with Crippen molar-refractivity contribution in [1.82, 2.24) is 0 Å². The average Bonchev–Trinajstić information content (AvgIpc) is 2.39. The van der Waals surface area contributed by atoms with Gasteiger partial charge < -0.3 is 5.32 Å². The van der Waals surface area contributed by atoms with Crippen LogP contribution in [0.1, 0.15) is 16.8 Å². The summed E-state index contributed by atoms with van der Waals surface area (Å²) in [5.74, 6) is -0.508. The molecule has 1 amide bonds. The zero-order valence-corrected chi connectivity index (χ0v) is 11.7. The van der Waals surface area contributed by atoms with E-state index in [0.29, 0.717) is 11.3 Å². The summed E-state index contributed by atoms with van der Waals surface area (Å²) in [6, 6.07) is 16.1. The molecule has 2 rings (SSSR count). The molecule has 3 nitrogen and oxygen atoms in total. The van der Waals surface area contributed by atoms with Crippen molar-refractivity contribution in [3.05, 3.63) is 64.6 Å². The molecule has 0 atom stereocenters. The topological polar surface area (TPSA) is 46.2 Å². The molecule has 1 N–H and O–H groups in total. The van der Waals surface area contributed by atoms with Crippen LogP contribution in [0.5, 0.6) is 0 Å². The van der Waals surface area contributed by atoms with Gasteiger partial charge in [-0.2, -0.15) is 0 Å². The molecule has 2 aromatic rings. The fourth-order valence-electron chi connectivity index (χ4n) is 1.64. The Bertz CT molecular complexity index is 596. The Morgan fingerprint density at radius 2 is 1.74 bits per heavy atom. The first kappa shape index (κ1) is 13.5. The van der Waals surface area contributed by atoms with E-state index in [1.54, 1.807) is 30.3 Å². The highest BCUT2D eigenvalue weighted by Gasteiger charge is 2.12. The first-order valence-electron chi connectivity index (χ1n) is 5.79. The molecule has 0 aliphatic heterocycles. The number of rotatable bonds is 4. The molecular formula is C15H12BrNO2. The SMILES string of the molecule is O=C(CC(=O)c1cccc(Br)c1)Nc1ccccc1. The van der Waals surface area contributed by atoms with Crippen molar-refractivity contribution in [2.45, 2.75) is 6.42 Å². The van der Waals surface area contributed by atoms with Crippen LogP contribution < -0.4 is 5.32 Å². The lowest BCUT2D eigenvalue weighted by molar-refractivity contribution is -0.115. The molecule has 0 unspecified atom stereocenters. The number of carbonyl (C=O) groups is 2. The minimum absolute atomic E-state index is 0.161. The molecule has 4 heteroatoms. The van der Waals surface area contributed by atoms with Crippen LogP contribution in [0.15, 0.2) is 59.1 Å². The van der Waals surface area contributed by atoms with Gasteiger partial charge in [-0.25, -0.2) is 0 Å². The molecule has 96 valence electrons. The van der Waals surface area contributed by atoms with Gasteiger partial charge in [-0.1, -0.05) is 46.3 Å². The number of hydrogen-bond donors (Lipinski definition) is 1. The lowest BCUT2D eigenvalue weighted by atomic mass is 10.1. The summed E-state index contributed by atoms with van der Waals surface area (Å²) < 4.78 is 0.821. The molecule has 0 aromatic heterocycles. The predicted octanol–water partition coefficient (Wildman–Crippen LogP) is 3.66. The molecule has 0 heterocycles. The Morgan fingerprint density at radius 3 is 2.42 bits per heavy atom. The molecule has 0 aliphatic carbocycles. The average molecular weight is 318 g/mol. The Hall–Kier alpha value is -1.94. The Balaban J connectivity index is 1.98. The largest absolute Gasteiger partial charge is 0.326 e. The number of halogens is 1. The van der Waals surface area contributed by atoms with Gasteiger partial charge in [0.1, 0.15) is 0 Å². The number of carbonyl (C=O) groups excluding carboxylic acids is 2. The van der Waals surface area contributed by atoms with Crippen molar-refractivity contribution in [2.24, 2.45) is 0 Å². The number of nitrogens with one attached hydrogen (secondary N) is 1. The van der Waals surface area contributed by atoms with E-state index in [0.717, 1.165) is 4.47 Å². The van der Waals surface area contributed by atoms with Crippen LogP contribution in [0.2, 0.25) is 0 Å². The minimum atomic E-state index is -0.309.